The van der Waals surface area contributed by atoms with Gasteiger partial charge in [-0.1, -0.05) is 139 Å². The van der Waals surface area contributed by atoms with E-state index in [-0.39, 0.29) is 26.1 Å². The van der Waals surface area contributed by atoms with Gasteiger partial charge in [0, 0.05) is 12.8 Å². The molecule has 0 aromatic rings. The van der Waals surface area contributed by atoms with Gasteiger partial charge in [0.15, 0.2) is 6.10 Å². The van der Waals surface area contributed by atoms with Crippen LogP contribution in [0.5, 0.6) is 0 Å². The number of likely N-dealkylation sites (N-methyl/N-ethyl adjacent to an activating group) is 1. The molecule has 0 bridgehead atoms. The molecule has 0 fully saturated rings. The average Bonchev–Trinajstić information content (AvgIpc) is 3.15. The average molecular weight is 808 g/mol. The predicted octanol–water partition coefficient (Wildman–Crippen LogP) is 11.8. The minimum atomic E-state index is -4.63. The van der Waals surface area contributed by atoms with E-state index in [0.29, 0.717) is 23.9 Å². The van der Waals surface area contributed by atoms with Gasteiger partial charge in [-0.25, -0.2) is 0 Å². The summed E-state index contributed by atoms with van der Waals surface area (Å²) in [7, 11) is 1.14. The Morgan fingerprint density at radius 1 is 0.571 bits per heavy atom. The molecule has 0 aliphatic heterocycles. The van der Waals surface area contributed by atoms with E-state index >= 15 is 0 Å². The van der Waals surface area contributed by atoms with Gasteiger partial charge in [0.05, 0.1) is 27.7 Å². The third-order valence-corrected chi connectivity index (χ3v) is 9.99. The maximum atomic E-state index is 12.7. The van der Waals surface area contributed by atoms with E-state index in [2.05, 4.69) is 74.6 Å². The van der Waals surface area contributed by atoms with Gasteiger partial charge in [-0.2, -0.15) is 0 Å². The van der Waals surface area contributed by atoms with Crippen LogP contribution in [0.1, 0.15) is 168 Å². The van der Waals surface area contributed by atoms with E-state index in [1.54, 1.807) is 0 Å². The Labute approximate surface area is 343 Å². The second kappa shape index (κ2) is 38.2. The van der Waals surface area contributed by atoms with Gasteiger partial charge in [0.1, 0.15) is 19.8 Å². The highest BCUT2D eigenvalue weighted by molar-refractivity contribution is 7.45. The van der Waals surface area contributed by atoms with Crippen molar-refractivity contribution in [2.75, 3.05) is 47.5 Å². The molecule has 0 saturated carbocycles. The lowest BCUT2D eigenvalue weighted by molar-refractivity contribution is -0.870. The quantitative estimate of drug-likeness (QED) is 0.0198. The molecule has 0 aliphatic rings. The summed E-state index contributed by atoms with van der Waals surface area (Å²) in [5.41, 5.74) is 0. The summed E-state index contributed by atoms with van der Waals surface area (Å²) in [6.07, 6.45) is 45.3. The van der Waals surface area contributed by atoms with Crippen molar-refractivity contribution in [1.29, 1.82) is 0 Å². The predicted molar refractivity (Wildman–Crippen MR) is 231 cm³/mol. The maximum absolute atomic E-state index is 12.7. The molecule has 2 atom stereocenters. The van der Waals surface area contributed by atoms with Gasteiger partial charge in [-0.05, 0) is 77.0 Å². The molecule has 0 rings (SSSR count). The first kappa shape index (κ1) is 53.7. The first-order valence-corrected chi connectivity index (χ1v) is 23.5. The van der Waals surface area contributed by atoms with Crippen molar-refractivity contribution < 1.29 is 42.1 Å². The summed E-state index contributed by atoms with van der Waals surface area (Å²) >= 11 is 0. The van der Waals surface area contributed by atoms with E-state index < -0.39 is 32.5 Å². The van der Waals surface area contributed by atoms with Crippen LogP contribution in [-0.4, -0.2) is 70.0 Å². The SMILES string of the molecule is CC/C=C\C/C=C\C/C=C\C/C=C\CCCCCCCCC(=O)OC(COC(=O)CCCCCCC/C=C\CCCCCC)COP(=O)([O-])OCC[N+](C)(C)C. The van der Waals surface area contributed by atoms with E-state index in [4.69, 9.17) is 18.5 Å². The van der Waals surface area contributed by atoms with Crippen molar-refractivity contribution in [1.82, 2.24) is 0 Å². The first-order chi connectivity index (χ1) is 27.0. The molecule has 0 saturated heterocycles. The van der Waals surface area contributed by atoms with Gasteiger partial charge in [-0.3, -0.25) is 14.2 Å². The van der Waals surface area contributed by atoms with Crippen LogP contribution in [0.2, 0.25) is 0 Å². The Kier molecular flexibility index (Phi) is 36.7. The summed E-state index contributed by atoms with van der Waals surface area (Å²) in [6.45, 7) is 4.06. The molecule has 10 heteroatoms. The number of esters is 2. The van der Waals surface area contributed by atoms with Crippen molar-refractivity contribution in [3.05, 3.63) is 60.8 Å². The Hall–Kier alpha value is -2.29. The fourth-order valence-corrected chi connectivity index (χ4v) is 6.31. The highest BCUT2D eigenvalue weighted by atomic mass is 31.2. The second-order valence-electron chi connectivity index (χ2n) is 15.7. The molecule has 0 spiro atoms. The molecule has 0 aromatic heterocycles. The van der Waals surface area contributed by atoms with Crippen molar-refractivity contribution in [3.8, 4) is 0 Å². The van der Waals surface area contributed by atoms with Crippen LogP contribution in [0.15, 0.2) is 60.8 Å². The van der Waals surface area contributed by atoms with Gasteiger partial charge >= 0.3 is 11.9 Å². The molecule has 0 aromatic carbocycles. The highest BCUT2D eigenvalue weighted by Gasteiger charge is 2.21. The van der Waals surface area contributed by atoms with Gasteiger partial charge in [-0.15, -0.1) is 0 Å². The smallest absolute Gasteiger partial charge is 0.306 e. The fourth-order valence-electron chi connectivity index (χ4n) is 5.58. The Bertz CT molecular complexity index is 1140. The van der Waals surface area contributed by atoms with Crippen LogP contribution in [0.25, 0.3) is 0 Å². The number of unbranched alkanes of at least 4 members (excludes halogenated alkanes) is 15. The number of ether oxygens (including phenoxy) is 2. The number of carbonyl (C=O) groups is 2. The van der Waals surface area contributed by atoms with Crippen LogP contribution in [-0.2, 0) is 32.7 Å². The highest BCUT2D eigenvalue weighted by Crippen LogP contribution is 2.38. The monoisotopic (exact) mass is 808 g/mol. The molecule has 0 aliphatic carbocycles. The number of hydrogen-bond acceptors (Lipinski definition) is 8. The van der Waals surface area contributed by atoms with E-state index in [1.807, 2.05) is 21.1 Å². The zero-order chi connectivity index (χ0) is 41.4. The normalized spacial score (nSPS) is 14.2. The minimum Gasteiger partial charge on any atom is -0.756 e. The van der Waals surface area contributed by atoms with E-state index in [1.165, 1.54) is 32.1 Å². The van der Waals surface area contributed by atoms with E-state index in [9.17, 15) is 19.0 Å². The zero-order valence-corrected chi connectivity index (χ0v) is 37.2. The number of phosphoric acid groups is 1. The molecule has 0 heterocycles. The summed E-state index contributed by atoms with van der Waals surface area (Å²) < 4.78 is 33.9. The summed E-state index contributed by atoms with van der Waals surface area (Å²) in [6, 6.07) is 0. The molecule has 2 unspecified atom stereocenters. The van der Waals surface area contributed by atoms with Crippen LogP contribution >= 0.6 is 7.82 Å². The standard InChI is InChI=1S/C46H82NO8P/c1-6-8-10-12-14-16-18-20-21-22-23-24-25-27-29-31-33-35-37-39-46(49)55-44(43-54-56(50,51)53-41-40-47(3,4)5)42-52-45(48)38-36-34-32-30-28-26-19-17-15-13-11-9-7-2/h8,10,14,16-17,19-21,23-24,44H,6-7,9,11-13,15,18,22,25-43H2,1-5H3/b10-8-,16-14-,19-17-,21-20-,24-23-. The Morgan fingerprint density at radius 3 is 1.54 bits per heavy atom. The lowest BCUT2D eigenvalue weighted by atomic mass is 10.1. The number of allylic oxidation sites excluding steroid dienone is 10. The summed E-state index contributed by atoms with van der Waals surface area (Å²) in [5.74, 6) is -0.865. The molecule has 0 radical (unpaired) electrons. The van der Waals surface area contributed by atoms with Gasteiger partial charge in [0.2, 0.25) is 0 Å². The van der Waals surface area contributed by atoms with Crippen LogP contribution in [0, 0.1) is 0 Å². The van der Waals surface area contributed by atoms with Crippen molar-refractivity contribution >= 4 is 19.8 Å². The molecular weight excluding hydrogens is 725 g/mol. The van der Waals surface area contributed by atoms with Crippen molar-refractivity contribution in [3.63, 3.8) is 0 Å². The summed E-state index contributed by atoms with van der Waals surface area (Å²) in [5, 5.41) is 0. The molecule has 56 heavy (non-hydrogen) atoms. The zero-order valence-electron chi connectivity index (χ0n) is 36.3. The number of nitrogens with zero attached hydrogens (tertiary/aromatic N) is 1. The van der Waals surface area contributed by atoms with Crippen molar-refractivity contribution in [2.45, 2.75) is 174 Å². The largest absolute Gasteiger partial charge is 0.756 e. The molecule has 9 nitrogen and oxygen atoms in total. The number of rotatable bonds is 39. The molecule has 0 N–H and O–H groups in total. The lowest BCUT2D eigenvalue weighted by Gasteiger charge is -2.28. The Balaban J connectivity index is 4.40. The van der Waals surface area contributed by atoms with Gasteiger partial charge in [0.25, 0.3) is 7.82 Å². The summed E-state index contributed by atoms with van der Waals surface area (Å²) in [4.78, 5) is 37.5. The topological polar surface area (TPSA) is 111 Å². The number of quaternary nitrogens is 1. The molecule has 0 amide bonds. The van der Waals surface area contributed by atoms with E-state index in [0.717, 1.165) is 96.3 Å². The second-order valence-corrected chi connectivity index (χ2v) is 17.1. The number of hydrogen-bond donors (Lipinski definition) is 0. The fraction of sp³-hybridized carbons (Fsp3) is 0.739. The minimum absolute atomic E-state index is 0.0377. The Morgan fingerprint density at radius 2 is 1.02 bits per heavy atom. The molecule has 324 valence electrons. The third kappa shape index (κ3) is 41.3. The van der Waals surface area contributed by atoms with Crippen molar-refractivity contribution in [2.24, 2.45) is 0 Å². The lowest BCUT2D eigenvalue weighted by Crippen LogP contribution is -2.37. The van der Waals surface area contributed by atoms with Crippen LogP contribution in [0.4, 0.5) is 0 Å². The molecular formula is C46H82NO8P. The number of carbonyl (C=O) groups excluding carboxylic acids is 2. The van der Waals surface area contributed by atoms with Crippen LogP contribution in [0.3, 0.4) is 0 Å². The van der Waals surface area contributed by atoms with Crippen LogP contribution < -0.4 is 4.89 Å². The first-order valence-electron chi connectivity index (χ1n) is 22.0. The maximum Gasteiger partial charge on any atom is 0.306 e. The number of phosphoric ester groups is 1. The van der Waals surface area contributed by atoms with Gasteiger partial charge < -0.3 is 27.9 Å². The third-order valence-electron chi connectivity index (χ3n) is 9.02.